The maximum atomic E-state index is 12.7. The quantitative estimate of drug-likeness (QED) is 0.589. The van der Waals surface area contributed by atoms with Gasteiger partial charge in [-0.2, -0.15) is 13.2 Å². The first kappa shape index (κ1) is 17.7. The van der Waals surface area contributed by atoms with Crippen LogP contribution >= 0.6 is 0 Å². The van der Waals surface area contributed by atoms with E-state index in [-0.39, 0.29) is 5.56 Å². The third-order valence-electron chi connectivity index (χ3n) is 3.81. The van der Waals surface area contributed by atoms with Crippen molar-refractivity contribution in [3.05, 3.63) is 35.4 Å². The third-order valence-corrected chi connectivity index (χ3v) is 3.81. The first-order valence-electron chi connectivity index (χ1n) is 6.80. The Kier molecular flexibility index (Phi) is 4.95. The smallest absolute Gasteiger partial charge is 0.394 e. The summed E-state index contributed by atoms with van der Waals surface area (Å²) in [5, 5.41) is 38.3. The Bertz CT molecular complexity index is 580. The monoisotopic (exact) mass is 335 g/mol. The van der Waals surface area contributed by atoms with Gasteiger partial charge in [0.05, 0.1) is 24.8 Å². The number of halogens is 3. The molecule has 128 valence electrons. The highest BCUT2D eigenvalue weighted by molar-refractivity contribution is 5.94. The van der Waals surface area contributed by atoms with Crippen molar-refractivity contribution in [3.63, 3.8) is 0 Å². The summed E-state index contributed by atoms with van der Waals surface area (Å²) >= 11 is 0. The van der Waals surface area contributed by atoms with Crippen molar-refractivity contribution in [2.75, 3.05) is 13.2 Å². The zero-order chi connectivity index (χ0) is 17.4. The van der Waals surface area contributed by atoms with Gasteiger partial charge in [-0.25, -0.2) is 0 Å². The van der Waals surface area contributed by atoms with Gasteiger partial charge in [0.25, 0.3) is 5.91 Å². The van der Waals surface area contributed by atoms with Gasteiger partial charge in [-0.15, -0.1) is 0 Å². The summed E-state index contributed by atoms with van der Waals surface area (Å²) in [4.78, 5) is 13.2. The molecule has 23 heavy (non-hydrogen) atoms. The molecule has 0 aliphatic carbocycles. The van der Waals surface area contributed by atoms with Crippen molar-refractivity contribution >= 4 is 5.91 Å². The number of aliphatic hydroxyl groups excluding tert-OH is 4. The second-order valence-corrected chi connectivity index (χ2v) is 5.33. The van der Waals surface area contributed by atoms with Crippen LogP contribution in [-0.2, 0) is 6.18 Å². The summed E-state index contributed by atoms with van der Waals surface area (Å²) in [7, 11) is 0. The lowest BCUT2D eigenvalue weighted by molar-refractivity contribution is -0.137. The molecule has 9 heteroatoms. The maximum Gasteiger partial charge on any atom is 0.416 e. The van der Waals surface area contributed by atoms with Crippen LogP contribution in [0.15, 0.2) is 24.3 Å². The topological polar surface area (TPSA) is 101 Å². The Morgan fingerprint density at radius 2 is 1.87 bits per heavy atom. The van der Waals surface area contributed by atoms with Crippen LogP contribution in [0.3, 0.4) is 0 Å². The molecule has 1 unspecified atom stereocenters. The SMILES string of the molecule is O=C(c1cccc(C(F)(F)F)c1)N1C[C@H](O)[C@@H](O)[C@H](O)C1CO. The van der Waals surface area contributed by atoms with Gasteiger partial charge in [-0.05, 0) is 18.2 Å². The molecule has 1 aromatic carbocycles. The Hall–Kier alpha value is -1.68. The average molecular weight is 335 g/mol. The van der Waals surface area contributed by atoms with Gasteiger partial charge in [-0.3, -0.25) is 4.79 Å². The molecule has 0 saturated carbocycles. The second-order valence-electron chi connectivity index (χ2n) is 5.33. The number of rotatable bonds is 2. The van der Waals surface area contributed by atoms with Crippen LogP contribution in [0, 0.1) is 0 Å². The van der Waals surface area contributed by atoms with Gasteiger partial charge >= 0.3 is 6.18 Å². The molecule has 0 radical (unpaired) electrons. The Balaban J connectivity index is 2.32. The highest BCUT2D eigenvalue weighted by Crippen LogP contribution is 2.30. The lowest BCUT2D eigenvalue weighted by atomic mass is 9.93. The van der Waals surface area contributed by atoms with Crippen LogP contribution in [0.2, 0.25) is 0 Å². The van der Waals surface area contributed by atoms with Crippen molar-refractivity contribution in [2.24, 2.45) is 0 Å². The second kappa shape index (κ2) is 6.44. The highest BCUT2D eigenvalue weighted by Gasteiger charge is 2.43. The van der Waals surface area contributed by atoms with Gasteiger partial charge in [0.2, 0.25) is 0 Å². The van der Waals surface area contributed by atoms with E-state index in [1.165, 1.54) is 0 Å². The number of hydrogen-bond donors (Lipinski definition) is 4. The van der Waals surface area contributed by atoms with Crippen molar-refractivity contribution in [1.29, 1.82) is 0 Å². The van der Waals surface area contributed by atoms with Crippen LogP contribution in [-0.4, -0.2) is 68.7 Å². The number of β-amino-alcohol motifs (C(OH)–C–C–N with tert-alkyl or cyclic N) is 1. The summed E-state index contributed by atoms with van der Waals surface area (Å²) in [5.41, 5.74) is -1.31. The summed E-state index contributed by atoms with van der Waals surface area (Å²) in [6.07, 6.45) is -9.26. The fourth-order valence-corrected chi connectivity index (χ4v) is 2.52. The molecule has 0 spiro atoms. The zero-order valence-electron chi connectivity index (χ0n) is 11.8. The number of benzene rings is 1. The number of amides is 1. The predicted octanol–water partition coefficient (Wildman–Crippen LogP) is -0.395. The van der Waals surface area contributed by atoms with Crippen LogP contribution in [0.4, 0.5) is 13.2 Å². The van der Waals surface area contributed by atoms with Gasteiger partial charge in [0.15, 0.2) is 0 Å². The molecule has 6 nitrogen and oxygen atoms in total. The summed E-state index contributed by atoms with van der Waals surface area (Å²) < 4.78 is 38.1. The van der Waals surface area contributed by atoms with Crippen LogP contribution in [0.5, 0.6) is 0 Å². The maximum absolute atomic E-state index is 12.7. The number of piperidine rings is 1. The van der Waals surface area contributed by atoms with E-state index in [2.05, 4.69) is 0 Å². The molecule has 0 bridgehead atoms. The molecule has 1 aliphatic heterocycles. The van der Waals surface area contributed by atoms with Crippen molar-refractivity contribution in [3.8, 4) is 0 Å². The normalized spacial score (nSPS) is 28.7. The van der Waals surface area contributed by atoms with Crippen molar-refractivity contribution in [2.45, 2.75) is 30.5 Å². The standard InChI is InChI=1S/C14H16F3NO5/c15-14(16,17)8-3-1-2-7(4-8)13(23)18-5-10(20)12(22)11(21)9(18)6-19/h1-4,9-12,19-22H,5-6H2/t9?,10-,11+,12+/m0/s1. The fourth-order valence-electron chi connectivity index (χ4n) is 2.52. The number of alkyl halides is 3. The van der Waals surface area contributed by atoms with E-state index >= 15 is 0 Å². The third kappa shape index (κ3) is 3.47. The van der Waals surface area contributed by atoms with Crippen LogP contribution < -0.4 is 0 Å². The van der Waals surface area contributed by atoms with Crippen LogP contribution in [0.1, 0.15) is 15.9 Å². The minimum Gasteiger partial charge on any atom is -0.394 e. The lowest BCUT2D eigenvalue weighted by Crippen LogP contribution is -2.63. The molecule has 4 atom stereocenters. The van der Waals surface area contributed by atoms with E-state index in [0.717, 1.165) is 23.1 Å². The number of aliphatic hydroxyl groups is 4. The number of nitrogens with zero attached hydrogens (tertiary/aromatic N) is 1. The number of carbonyl (C=O) groups is 1. The minimum atomic E-state index is -4.62. The van der Waals surface area contributed by atoms with Gasteiger partial charge < -0.3 is 25.3 Å². The first-order valence-corrected chi connectivity index (χ1v) is 6.80. The molecule has 1 saturated heterocycles. The predicted molar refractivity (Wildman–Crippen MR) is 71.4 cm³/mol. The number of carbonyl (C=O) groups excluding carboxylic acids is 1. The molecular weight excluding hydrogens is 319 g/mol. The molecule has 1 heterocycles. The van der Waals surface area contributed by atoms with Gasteiger partial charge in [-0.1, -0.05) is 6.07 Å². The van der Waals surface area contributed by atoms with Gasteiger partial charge in [0.1, 0.15) is 18.3 Å². The summed E-state index contributed by atoms with van der Waals surface area (Å²) in [6, 6.07) is 2.46. The molecule has 1 fully saturated rings. The Morgan fingerprint density at radius 3 is 2.43 bits per heavy atom. The van der Waals surface area contributed by atoms with Crippen molar-refractivity contribution in [1.82, 2.24) is 4.90 Å². The van der Waals surface area contributed by atoms with Gasteiger partial charge in [0, 0.05) is 5.56 Å². The zero-order valence-corrected chi connectivity index (χ0v) is 11.8. The molecule has 1 amide bonds. The molecule has 1 aliphatic rings. The van der Waals surface area contributed by atoms with Crippen molar-refractivity contribution < 1.29 is 38.4 Å². The summed E-state index contributed by atoms with van der Waals surface area (Å²) in [5.74, 6) is -0.889. The fraction of sp³-hybridized carbons (Fsp3) is 0.500. The largest absolute Gasteiger partial charge is 0.416 e. The lowest BCUT2D eigenvalue weighted by Gasteiger charge is -2.43. The average Bonchev–Trinajstić information content (AvgIpc) is 2.51. The molecular formula is C14H16F3NO5. The molecule has 1 aromatic rings. The number of hydrogen-bond acceptors (Lipinski definition) is 5. The van der Waals surface area contributed by atoms with E-state index in [4.69, 9.17) is 0 Å². The highest BCUT2D eigenvalue weighted by atomic mass is 19.4. The Morgan fingerprint density at radius 1 is 1.22 bits per heavy atom. The van der Waals surface area contributed by atoms with E-state index in [1.807, 2.05) is 0 Å². The van der Waals surface area contributed by atoms with E-state index in [9.17, 15) is 38.4 Å². The molecule has 2 rings (SSSR count). The van der Waals surface area contributed by atoms with E-state index in [0.29, 0.717) is 6.07 Å². The summed E-state index contributed by atoms with van der Waals surface area (Å²) in [6.45, 7) is -1.13. The van der Waals surface area contributed by atoms with E-state index < -0.39 is 55.2 Å². The number of likely N-dealkylation sites (tertiary alicyclic amines) is 1. The minimum absolute atomic E-state index is 0.297. The Labute approximate surface area is 129 Å². The first-order chi connectivity index (χ1) is 10.7. The van der Waals surface area contributed by atoms with E-state index in [1.54, 1.807) is 0 Å². The van der Waals surface area contributed by atoms with Crippen LogP contribution in [0.25, 0.3) is 0 Å². The molecule has 4 N–H and O–H groups in total. The molecule has 0 aromatic heterocycles.